The van der Waals surface area contributed by atoms with Crippen LogP contribution in [0.25, 0.3) is 11.4 Å². The zero-order valence-electron chi connectivity index (χ0n) is 14.1. The molecule has 0 aliphatic carbocycles. The van der Waals surface area contributed by atoms with Crippen LogP contribution in [0.1, 0.15) is 41.6 Å². The first-order valence-electron chi connectivity index (χ1n) is 8.68. The number of nitrogens with zero attached hydrogens (tertiary/aromatic N) is 3. The molecule has 26 heavy (non-hydrogen) atoms. The van der Waals surface area contributed by atoms with E-state index in [1.54, 1.807) is 12.1 Å². The molecule has 4 rings (SSSR count). The van der Waals surface area contributed by atoms with Gasteiger partial charge in [-0.1, -0.05) is 47.1 Å². The van der Waals surface area contributed by atoms with Crippen LogP contribution in [-0.2, 0) is 0 Å². The Morgan fingerprint density at radius 3 is 2.77 bits per heavy atom. The zero-order valence-corrected chi connectivity index (χ0v) is 14.9. The zero-order chi connectivity index (χ0) is 17.9. The van der Waals surface area contributed by atoms with Gasteiger partial charge in [0, 0.05) is 22.7 Å². The van der Waals surface area contributed by atoms with Gasteiger partial charge in [0.25, 0.3) is 5.91 Å². The Kier molecular flexibility index (Phi) is 4.71. The van der Waals surface area contributed by atoms with Crippen LogP contribution in [0.5, 0.6) is 0 Å². The number of likely N-dealkylation sites (tertiary alicyclic amines) is 1. The van der Waals surface area contributed by atoms with Crippen molar-refractivity contribution >= 4 is 17.5 Å². The summed E-state index contributed by atoms with van der Waals surface area (Å²) >= 11 is 6.04. The summed E-state index contributed by atoms with van der Waals surface area (Å²) in [6.45, 7) is 0.688. The molecule has 3 aromatic rings. The lowest BCUT2D eigenvalue weighted by atomic mass is 10.0. The lowest BCUT2D eigenvalue weighted by Crippen LogP contribution is -2.38. The number of piperidine rings is 1. The Hall–Kier alpha value is -2.66. The van der Waals surface area contributed by atoms with Crippen molar-refractivity contribution in [2.45, 2.75) is 25.3 Å². The van der Waals surface area contributed by atoms with Gasteiger partial charge in [-0.3, -0.25) is 4.79 Å². The van der Waals surface area contributed by atoms with Crippen molar-refractivity contribution in [3.8, 4) is 11.4 Å². The molecule has 1 saturated heterocycles. The standard InChI is InChI=1S/C20H18ClN3O2/c21-16-10-6-9-15(13-16)18-22-19(26-23-18)17-11-4-5-12-24(17)20(25)14-7-2-1-3-8-14/h1-3,6-10,13,17H,4-5,11-12H2. The molecule has 2 heterocycles. The van der Waals surface area contributed by atoms with Crippen molar-refractivity contribution < 1.29 is 9.32 Å². The van der Waals surface area contributed by atoms with Crippen LogP contribution >= 0.6 is 11.6 Å². The largest absolute Gasteiger partial charge is 0.337 e. The summed E-state index contributed by atoms with van der Waals surface area (Å²) in [6.07, 6.45) is 2.82. The smallest absolute Gasteiger partial charge is 0.254 e. The first-order chi connectivity index (χ1) is 12.7. The fraction of sp³-hybridized carbons (Fsp3) is 0.250. The molecule has 6 heteroatoms. The second-order valence-electron chi connectivity index (χ2n) is 6.34. The summed E-state index contributed by atoms with van der Waals surface area (Å²) < 4.78 is 5.52. The maximum Gasteiger partial charge on any atom is 0.254 e. The highest BCUT2D eigenvalue weighted by Gasteiger charge is 2.32. The number of aromatic nitrogens is 2. The molecule has 0 N–H and O–H groups in total. The van der Waals surface area contributed by atoms with Crippen LogP contribution in [0.3, 0.4) is 0 Å². The number of hydrogen-bond acceptors (Lipinski definition) is 4. The lowest BCUT2D eigenvalue weighted by molar-refractivity contribution is 0.0561. The number of amides is 1. The molecule has 1 aliphatic heterocycles. The molecule has 0 saturated carbocycles. The van der Waals surface area contributed by atoms with E-state index in [1.807, 2.05) is 47.4 Å². The number of carbonyl (C=O) groups is 1. The van der Waals surface area contributed by atoms with Gasteiger partial charge in [-0.2, -0.15) is 4.98 Å². The number of hydrogen-bond donors (Lipinski definition) is 0. The van der Waals surface area contributed by atoms with Gasteiger partial charge >= 0.3 is 0 Å². The molecule has 0 bridgehead atoms. The van der Waals surface area contributed by atoms with Gasteiger partial charge in [-0.25, -0.2) is 0 Å². The summed E-state index contributed by atoms with van der Waals surface area (Å²) in [5.74, 6) is 0.960. The number of rotatable bonds is 3. The quantitative estimate of drug-likeness (QED) is 0.669. The summed E-state index contributed by atoms with van der Waals surface area (Å²) in [4.78, 5) is 19.3. The van der Waals surface area contributed by atoms with Crippen LogP contribution in [0.2, 0.25) is 5.02 Å². The topological polar surface area (TPSA) is 59.2 Å². The summed E-state index contributed by atoms with van der Waals surface area (Å²) in [7, 11) is 0. The summed E-state index contributed by atoms with van der Waals surface area (Å²) in [5, 5.41) is 4.70. The predicted molar refractivity (Wildman–Crippen MR) is 98.8 cm³/mol. The molecule has 0 radical (unpaired) electrons. The second kappa shape index (κ2) is 7.30. The molecule has 132 valence electrons. The van der Waals surface area contributed by atoms with E-state index < -0.39 is 0 Å². The highest BCUT2D eigenvalue weighted by molar-refractivity contribution is 6.30. The molecular weight excluding hydrogens is 350 g/mol. The van der Waals surface area contributed by atoms with Crippen LogP contribution in [0.4, 0.5) is 0 Å². The molecule has 2 aromatic carbocycles. The third kappa shape index (κ3) is 3.35. The molecule has 1 aromatic heterocycles. The van der Waals surface area contributed by atoms with Crippen molar-refractivity contribution in [3.63, 3.8) is 0 Å². The molecule has 1 unspecified atom stereocenters. The van der Waals surface area contributed by atoms with E-state index in [2.05, 4.69) is 10.1 Å². The van der Waals surface area contributed by atoms with Crippen LogP contribution in [0, 0.1) is 0 Å². The monoisotopic (exact) mass is 367 g/mol. The van der Waals surface area contributed by atoms with E-state index in [0.29, 0.717) is 28.8 Å². The number of carbonyl (C=O) groups excluding carboxylic acids is 1. The first-order valence-corrected chi connectivity index (χ1v) is 9.06. The van der Waals surface area contributed by atoms with Crippen molar-refractivity contribution in [1.82, 2.24) is 15.0 Å². The Balaban J connectivity index is 1.62. The first kappa shape index (κ1) is 16.8. The maximum absolute atomic E-state index is 12.9. The molecule has 1 aliphatic rings. The van der Waals surface area contributed by atoms with Crippen LogP contribution in [-0.4, -0.2) is 27.5 Å². The fourth-order valence-corrected chi connectivity index (χ4v) is 3.48. The third-order valence-corrected chi connectivity index (χ3v) is 4.83. The summed E-state index contributed by atoms with van der Waals surface area (Å²) in [6, 6.07) is 16.4. The maximum atomic E-state index is 12.9. The van der Waals surface area contributed by atoms with Crippen molar-refractivity contribution in [2.24, 2.45) is 0 Å². The third-order valence-electron chi connectivity index (χ3n) is 4.59. The van der Waals surface area contributed by atoms with E-state index in [0.717, 1.165) is 24.8 Å². The molecule has 5 nitrogen and oxygen atoms in total. The van der Waals surface area contributed by atoms with E-state index in [-0.39, 0.29) is 11.9 Å². The predicted octanol–water partition coefficient (Wildman–Crippen LogP) is 4.76. The average Bonchev–Trinajstić information content (AvgIpc) is 3.18. The average molecular weight is 368 g/mol. The van der Waals surface area contributed by atoms with Crippen molar-refractivity contribution in [1.29, 1.82) is 0 Å². The Bertz CT molecular complexity index is 910. The molecular formula is C20H18ClN3O2. The Morgan fingerprint density at radius 1 is 1.12 bits per heavy atom. The van der Waals surface area contributed by atoms with E-state index in [1.165, 1.54) is 0 Å². The molecule has 1 amide bonds. The highest BCUT2D eigenvalue weighted by atomic mass is 35.5. The number of benzene rings is 2. The fourth-order valence-electron chi connectivity index (χ4n) is 3.29. The molecule has 1 fully saturated rings. The van der Waals surface area contributed by atoms with Gasteiger partial charge in [0.1, 0.15) is 6.04 Å². The van der Waals surface area contributed by atoms with Gasteiger partial charge in [-0.15, -0.1) is 0 Å². The van der Waals surface area contributed by atoms with Gasteiger partial charge in [0.05, 0.1) is 0 Å². The summed E-state index contributed by atoms with van der Waals surface area (Å²) in [5.41, 5.74) is 1.47. The Morgan fingerprint density at radius 2 is 1.96 bits per heavy atom. The normalized spacial score (nSPS) is 17.3. The van der Waals surface area contributed by atoms with E-state index in [4.69, 9.17) is 16.1 Å². The second-order valence-corrected chi connectivity index (χ2v) is 6.78. The van der Waals surface area contributed by atoms with Crippen molar-refractivity contribution in [3.05, 3.63) is 71.1 Å². The SMILES string of the molecule is O=C(c1ccccc1)N1CCCCC1c1nc(-c2cccc(Cl)c2)no1. The Labute approximate surface area is 156 Å². The molecule has 0 spiro atoms. The minimum Gasteiger partial charge on any atom is -0.337 e. The molecule has 1 atom stereocenters. The van der Waals surface area contributed by atoms with E-state index in [9.17, 15) is 4.79 Å². The van der Waals surface area contributed by atoms with Gasteiger partial charge in [0.2, 0.25) is 11.7 Å². The van der Waals surface area contributed by atoms with E-state index >= 15 is 0 Å². The van der Waals surface area contributed by atoms with Crippen LogP contribution in [0.15, 0.2) is 59.1 Å². The van der Waals surface area contributed by atoms with Crippen molar-refractivity contribution in [2.75, 3.05) is 6.54 Å². The van der Waals surface area contributed by atoms with Gasteiger partial charge in [-0.05, 0) is 43.5 Å². The lowest BCUT2D eigenvalue weighted by Gasteiger charge is -2.33. The van der Waals surface area contributed by atoms with Crippen LogP contribution < -0.4 is 0 Å². The highest BCUT2D eigenvalue weighted by Crippen LogP contribution is 2.32. The van der Waals surface area contributed by atoms with Gasteiger partial charge < -0.3 is 9.42 Å². The van der Waals surface area contributed by atoms with Gasteiger partial charge in [0.15, 0.2) is 0 Å². The number of halogens is 1. The minimum atomic E-state index is -0.197. The minimum absolute atomic E-state index is 0.00203.